The fraction of sp³-hybridized carbons (Fsp3) is 0.318. The van der Waals surface area contributed by atoms with Crippen LogP contribution in [0.3, 0.4) is 0 Å². The number of amides is 2. The van der Waals surface area contributed by atoms with Gasteiger partial charge in [0.1, 0.15) is 11.5 Å². The van der Waals surface area contributed by atoms with Gasteiger partial charge in [-0.3, -0.25) is 14.4 Å². The Kier molecular flexibility index (Phi) is 6.16. The molecule has 3 rings (SSSR count). The molecule has 1 aliphatic heterocycles. The summed E-state index contributed by atoms with van der Waals surface area (Å²) in [6.45, 7) is 4.07. The third-order valence-electron chi connectivity index (χ3n) is 4.94. The summed E-state index contributed by atoms with van der Waals surface area (Å²) in [6.07, 6.45) is 0.622. The summed E-state index contributed by atoms with van der Waals surface area (Å²) < 4.78 is 11.2. The Hall–Kier alpha value is -3.35. The average molecular weight is 396 g/mol. The summed E-state index contributed by atoms with van der Waals surface area (Å²) in [7, 11) is 0. The van der Waals surface area contributed by atoms with Gasteiger partial charge in [-0.1, -0.05) is 12.1 Å². The monoisotopic (exact) mass is 396 g/mol. The van der Waals surface area contributed by atoms with E-state index in [0.717, 1.165) is 11.1 Å². The zero-order valence-electron chi connectivity index (χ0n) is 16.6. The average Bonchev–Trinajstić information content (AvgIpc) is 2.70. The first-order valence-corrected chi connectivity index (χ1v) is 9.44. The molecule has 0 bridgehead atoms. The molecule has 2 amide bonds. The summed E-state index contributed by atoms with van der Waals surface area (Å²) in [6, 6.07) is 10.7. The fourth-order valence-electron chi connectivity index (χ4n) is 3.14. The second-order valence-electron chi connectivity index (χ2n) is 7.00. The van der Waals surface area contributed by atoms with Crippen molar-refractivity contribution in [3.8, 4) is 11.5 Å². The minimum Gasteiger partial charge on any atom is -0.485 e. The van der Waals surface area contributed by atoms with Crippen molar-refractivity contribution in [1.29, 1.82) is 0 Å². The number of primary amides is 1. The Labute approximate surface area is 169 Å². The molecule has 0 aromatic heterocycles. The van der Waals surface area contributed by atoms with E-state index in [2.05, 4.69) is 0 Å². The summed E-state index contributed by atoms with van der Waals surface area (Å²) >= 11 is 0. The van der Waals surface area contributed by atoms with E-state index in [9.17, 15) is 14.4 Å². The van der Waals surface area contributed by atoms with Crippen LogP contribution >= 0.6 is 0 Å². The zero-order chi connectivity index (χ0) is 21.0. The topological polar surface area (TPSA) is 98.9 Å². The van der Waals surface area contributed by atoms with E-state index >= 15 is 0 Å². The number of rotatable bonds is 8. The number of anilines is 1. The number of ketones is 1. The maximum absolute atomic E-state index is 12.7. The molecule has 0 unspecified atom stereocenters. The predicted octanol–water partition coefficient (Wildman–Crippen LogP) is 2.56. The van der Waals surface area contributed by atoms with E-state index in [1.807, 2.05) is 32.0 Å². The number of hydrogen-bond donors (Lipinski definition) is 1. The molecule has 0 atom stereocenters. The van der Waals surface area contributed by atoms with Crippen LogP contribution in [0.15, 0.2) is 36.4 Å². The number of nitrogens with two attached hydrogens (primary N) is 1. The molecule has 1 heterocycles. The third-order valence-corrected chi connectivity index (χ3v) is 4.94. The lowest BCUT2D eigenvalue weighted by atomic mass is 10.1. The maximum atomic E-state index is 12.7. The first kappa shape index (κ1) is 20.4. The number of benzene rings is 2. The number of Topliss-reactive ketones (excluding diaryl/α,β-unsaturated/α-hetero) is 1. The van der Waals surface area contributed by atoms with Crippen molar-refractivity contribution in [2.24, 2.45) is 5.73 Å². The lowest BCUT2D eigenvalue weighted by molar-refractivity contribution is -0.122. The Balaban J connectivity index is 1.74. The molecule has 7 heteroatoms. The molecule has 152 valence electrons. The van der Waals surface area contributed by atoms with Crippen LogP contribution in [0.1, 0.15) is 34.3 Å². The van der Waals surface area contributed by atoms with E-state index in [1.54, 1.807) is 18.2 Å². The lowest BCUT2D eigenvalue weighted by Crippen LogP contribution is -2.39. The lowest BCUT2D eigenvalue weighted by Gasteiger charge is -2.29. The van der Waals surface area contributed by atoms with Gasteiger partial charge in [-0.15, -0.1) is 0 Å². The molecule has 7 nitrogen and oxygen atoms in total. The number of carbonyl (C=O) groups excluding carboxylic acids is 3. The molecule has 0 saturated carbocycles. The van der Waals surface area contributed by atoms with Crippen molar-refractivity contribution >= 4 is 23.3 Å². The van der Waals surface area contributed by atoms with Crippen molar-refractivity contribution in [1.82, 2.24) is 0 Å². The van der Waals surface area contributed by atoms with Crippen LogP contribution in [0, 0.1) is 13.8 Å². The van der Waals surface area contributed by atoms with Gasteiger partial charge in [0.05, 0.1) is 5.69 Å². The summed E-state index contributed by atoms with van der Waals surface area (Å²) in [5, 5.41) is 0. The highest BCUT2D eigenvalue weighted by Crippen LogP contribution is 2.33. The van der Waals surface area contributed by atoms with E-state index in [0.29, 0.717) is 35.7 Å². The second kappa shape index (κ2) is 8.77. The highest BCUT2D eigenvalue weighted by molar-refractivity contribution is 6.02. The number of fused-ring (bicyclic) bond motifs is 1. The number of nitrogens with zero attached hydrogens (tertiary/aromatic N) is 1. The van der Waals surface area contributed by atoms with Crippen molar-refractivity contribution in [2.45, 2.75) is 26.7 Å². The summed E-state index contributed by atoms with van der Waals surface area (Å²) in [5.74, 6) is 0.346. The molecule has 2 aromatic carbocycles. The van der Waals surface area contributed by atoms with Gasteiger partial charge in [0.15, 0.2) is 19.0 Å². The van der Waals surface area contributed by atoms with Crippen molar-refractivity contribution in [3.05, 3.63) is 53.1 Å². The first-order chi connectivity index (χ1) is 13.9. The predicted molar refractivity (Wildman–Crippen MR) is 108 cm³/mol. The van der Waals surface area contributed by atoms with Crippen LogP contribution in [0.5, 0.6) is 11.5 Å². The quantitative estimate of drug-likeness (QED) is 0.692. The van der Waals surface area contributed by atoms with E-state index in [-0.39, 0.29) is 31.3 Å². The molecule has 2 N–H and O–H groups in total. The SMILES string of the molecule is Cc1cccc(OCC(=O)c2ccc3c(c2)N(CCCC(N)=O)C(=O)CO3)c1C. The highest BCUT2D eigenvalue weighted by Gasteiger charge is 2.26. The molecule has 0 saturated heterocycles. The number of hydrogen-bond acceptors (Lipinski definition) is 5. The van der Waals surface area contributed by atoms with Gasteiger partial charge in [-0.05, 0) is 55.7 Å². The van der Waals surface area contributed by atoms with E-state index in [4.69, 9.17) is 15.2 Å². The number of ether oxygens (including phenoxy) is 2. The van der Waals surface area contributed by atoms with Crippen LogP contribution in [-0.2, 0) is 9.59 Å². The Morgan fingerprint density at radius 1 is 1.21 bits per heavy atom. The van der Waals surface area contributed by atoms with Crippen molar-refractivity contribution in [3.63, 3.8) is 0 Å². The number of carbonyl (C=O) groups is 3. The van der Waals surface area contributed by atoms with Crippen LogP contribution < -0.4 is 20.1 Å². The van der Waals surface area contributed by atoms with Gasteiger partial charge in [-0.25, -0.2) is 0 Å². The standard InChI is InChI=1S/C22H24N2O5/c1-14-5-3-6-19(15(14)2)28-12-18(25)16-8-9-20-17(11-16)24(22(27)13-29-20)10-4-7-21(23)26/h3,5-6,8-9,11H,4,7,10,12-13H2,1-2H3,(H2,23,26). The van der Waals surface area contributed by atoms with Crippen molar-refractivity contribution in [2.75, 3.05) is 24.7 Å². The summed E-state index contributed by atoms with van der Waals surface area (Å²) in [5.41, 5.74) is 8.20. The molecular formula is C22H24N2O5. The van der Waals surface area contributed by atoms with E-state index in [1.165, 1.54) is 4.90 Å². The second-order valence-corrected chi connectivity index (χ2v) is 7.00. The van der Waals surface area contributed by atoms with Gasteiger partial charge in [-0.2, -0.15) is 0 Å². The Morgan fingerprint density at radius 2 is 2.00 bits per heavy atom. The normalized spacial score (nSPS) is 12.9. The van der Waals surface area contributed by atoms with Crippen LogP contribution in [0.25, 0.3) is 0 Å². The Morgan fingerprint density at radius 3 is 2.76 bits per heavy atom. The number of aryl methyl sites for hydroxylation is 1. The van der Waals surface area contributed by atoms with Crippen LogP contribution in [-0.4, -0.2) is 37.4 Å². The minimum absolute atomic E-state index is 0.0768. The van der Waals surface area contributed by atoms with Gasteiger partial charge >= 0.3 is 0 Å². The van der Waals surface area contributed by atoms with Crippen molar-refractivity contribution < 1.29 is 23.9 Å². The molecular weight excluding hydrogens is 372 g/mol. The van der Waals surface area contributed by atoms with Gasteiger partial charge in [0.25, 0.3) is 5.91 Å². The molecule has 1 aliphatic rings. The fourth-order valence-corrected chi connectivity index (χ4v) is 3.14. The molecule has 0 radical (unpaired) electrons. The highest BCUT2D eigenvalue weighted by atomic mass is 16.5. The smallest absolute Gasteiger partial charge is 0.265 e. The maximum Gasteiger partial charge on any atom is 0.265 e. The van der Waals surface area contributed by atoms with Gasteiger partial charge in [0.2, 0.25) is 5.91 Å². The van der Waals surface area contributed by atoms with Gasteiger partial charge in [0, 0.05) is 18.5 Å². The van der Waals surface area contributed by atoms with Gasteiger partial charge < -0.3 is 20.1 Å². The molecule has 2 aromatic rings. The first-order valence-electron chi connectivity index (χ1n) is 9.44. The largest absolute Gasteiger partial charge is 0.485 e. The minimum atomic E-state index is -0.418. The van der Waals surface area contributed by atoms with E-state index < -0.39 is 5.91 Å². The molecule has 29 heavy (non-hydrogen) atoms. The van der Waals surface area contributed by atoms with Crippen LogP contribution in [0.2, 0.25) is 0 Å². The summed E-state index contributed by atoms with van der Waals surface area (Å²) in [4.78, 5) is 37.4. The zero-order valence-corrected chi connectivity index (χ0v) is 16.6. The molecule has 0 aliphatic carbocycles. The van der Waals surface area contributed by atoms with Crippen LogP contribution in [0.4, 0.5) is 5.69 Å². The molecule has 0 fully saturated rings. The Bertz CT molecular complexity index is 954. The third kappa shape index (κ3) is 4.74. The molecule has 0 spiro atoms.